The highest BCUT2D eigenvalue weighted by molar-refractivity contribution is 7.89. The quantitative estimate of drug-likeness (QED) is 0.758. The lowest BCUT2D eigenvalue weighted by atomic mass is 9.93. The smallest absolute Gasteiger partial charge is 0.213 e. The van der Waals surface area contributed by atoms with Gasteiger partial charge in [0, 0.05) is 5.56 Å². The van der Waals surface area contributed by atoms with Crippen LogP contribution in [0.25, 0.3) is 0 Å². The van der Waals surface area contributed by atoms with Gasteiger partial charge in [0.1, 0.15) is 5.82 Å². The van der Waals surface area contributed by atoms with Crippen LogP contribution in [-0.2, 0) is 26.9 Å². The van der Waals surface area contributed by atoms with E-state index in [1.54, 1.807) is 6.07 Å². The normalized spacial score (nSPS) is 14.3. The van der Waals surface area contributed by atoms with Gasteiger partial charge >= 0.3 is 0 Å². The fraction of sp³-hybridized carbons (Fsp3) is 0.294. The molecule has 0 fully saturated rings. The van der Waals surface area contributed by atoms with Crippen LogP contribution in [0.1, 0.15) is 11.1 Å². The van der Waals surface area contributed by atoms with Gasteiger partial charge < -0.3 is 10.5 Å². The van der Waals surface area contributed by atoms with Crippen molar-refractivity contribution in [2.24, 2.45) is 5.73 Å². The molecule has 2 rings (SSSR count). The lowest BCUT2D eigenvalue weighted by Crippen LogP contribution is -2.50. The Bertz CT molecular complexity index is 768. The molecule has 0 saturated carbocycles. The number of hydrogen-bond acceptors (Lipinski definition) is 4. The Labute approximate surface area is 141 Å². The van der Waals surface area contributed by atoms with Gasteiger partial charge in [-0.1, -0.05) is 48.5 Å². The second-order valence-electron chi connectivity index (χ2n) is 5.58. The molecule has 2 aromatic rings. The molecule has 0 aliphatic heterocycles. The van der Waals surface area contributed by atoms with Crippen molar-refractivity contribution in [1.29, 1.82) is 0 Å². The molecule has 0 aliphatic rings. The zero-order valence-electron chi connectivity index (χ0n) is 13.4. The van der Waals surface area contributed by atoms with Crippen LogP contribution in [0.5, 0.6) is 0 Å². The third kappa shape index (κ3) is 4.85. The Morgan fingerprint density at radius 2 is 1.75 bits per heavy atom. The molecule has 3 N–H and O–H groups in total. The molecule has 0 aliphatic carbocycles. The molecule has 1 atom stereocenters. The minimum Gasteiger partial charge on any atom is -0.374 e. The summed E-state index contributed by atoms with van der Waals surface area (Å²) < 4.78 is 45.9. The number of halogens is 1. The average molecular weight is 352 g/mol. The number of sulfonamides is 1. The summed E-state index contributed by atoms with van der Waals surface area (Å²) >= 11 is 0. The standard InChI is InChI=1S/C17H21FN2O3S/c1-20-24(21,22)13-17(19,15-9-5-6-10-16(15)18)12-23-11-14-7-3-2-4-8-14/h2-10,20H,11-13,19H2,1H3/t17-/m0/s1. The van der Waals surface area contributed by atoms with Crippen LogP contribution in [-0.4, -0.2) is 27.8 Å². The first kappa shape index (κ1) is 18.5. The maximum absolute atomic E-state index is 14.2. The summed E-state index contributed by atoms with van der Waals surface area (Å²) in [5, 5.41) is 0. The summed E-state index contributed by atoms with van der Waals surface area (Å²) in [5.41, 5.74) is 5.79. The third-order valence-electron chi connectivity index (χ3n) is 3.64. The Balaban J connectivity index is 2.21. The largest absolute Gasteiger partial charge is 0.374 e. The van der Waals surface area contributed by atoms with Crippen LogP contribution in [0.15, 0.2) is 54.6 Å². The molecule has 0 heterocycles. The van der Waals surface area contributed by atoms with Gasteiger partial charge in [0.05, 0.1) is 24.5 Å². The molecule has 130 valence electrons. The number of ether oxygens (including phenoxy) is 1. The monoisotopic (exact) mass is 352 g/mol. The van der Waals surface area contributed by atoms with Crippen molar-refractivity contribution in [2.45, 2.75) is 12.1 Å². The molecule has 0 bridgehead atoms. The van der Waals surface area contributed by atoms with Crippen molar-refractivity contribution in [2.75, 3.05) is 19.4 Å². The fourth-order valence-electron chi connectivity index (χ4n) is 2.40. The highest BCUT2D eigenvalue weighted by Crippen LogP contribution is 2.24. The first-order valence-corrected chi connectivity index (χ1v) is 9.08. The summed E-state index contributed by atoms with van der Waals surface area (Å²) in [6.07, 6.45) is 0. The summed E-state index contributed by atoms with van der Waals surface area (Å²) in [6.45, 7) is 0.123. The highest BCUT2D eigenvalue weighted by atomic mass is 32.2. The molecule has 0 aromatic heterocycles. The summed E-state index contributed by atoms with van der Waals surface area (Å²) in [6, 6.07) is 15.3. The van der Waals surface area contributed by atoms with E-state index in [9.17, 15) is 12.8 Å². The van der Waals surface area contributed by atoms with E-state index in [0.29, 0.717) is 0 Å². The van der Waals surface area contributed by atoms with E-state index in [1.807, 2.05) is 30.3 Å². The second kappa shape index (κ2) is 7.85. The SMILES string of the molecule is CNS(=O)(=O)C[C@@](N)(COCc1ccccc1)c1ccccc1F. The number of rotatable bonds is 8. The molecule has 2 aromatic carbocycles. The third-order valence-corrected chi connectivity index (χ3v) is 5.16. The molecule has 0 amide bonds. The predicted molar refractivity (Wildman–Crippen MR) is 91.2 cm³/mol. The zero-order chi connectivity index (χ0) is 17.6. The van der Waals surface area contributed by atoms with Gasteiger partial charge in [0.15, 0.2) is 0 Å². The van der Waals surface area contributed by atoms with Crippen molar-refractivity contribution in [3.05, 3.63) is 71.5 Å². The van der Waals surface area contributed by atoms with Gasteiger partial charge in [-0.05, 0) is 18.7 Å². The van der Waals surface area contributed by atoms with Crippen LogP contribution < -0.4 is 10.5 Å². The van der Waals surface area contributed by atoms with E-state index in [1.165, 1.54) is 25.2 Å². The van der Waals surface area contributed by atoms with Crippen LogP contribution >= 0.6 is 0 Å². The Morgan fingerprint density at radius 1 is 1.12 bits per heavy atom. The second-order valence-corrected chi connectivity index (χ2v) is 7.50. The molecule has 7 heteroatoms. The molecule has 0 saturated heterocycles. The molecule has 5 nitrogen and oxygen atoms in total. The van der Waals surface area contributed by atoms with Gasteiger partial charge in [-0.15, -0.1) is 0 Å². The van der Waals surface area contributed by atoms with Gasteiger partial charge in [0.2, 0.25) is 10.0 Å². The number of hydrogen-bond donors (Lipinski definition) is 2. The van der Waals surface area contributed by atoms with Crippen LogP contribution in [0.4, 0.5) is 4.39 Å². The molecule has 24 heavy (non-hydrogen) atoms. The van der Waals surface area contributed by atoms with E-state index in [4.69, 9.17) is 10.5 Å². The molecular formula is C17H21FN2O3S. The summed E-state index contributed by atoms with van der Waals surface area (Å²) in [7, 11) is -2.37. The van der Waals surface area contributed by atoms with E-state index in [2.05, 4.69) is 4.72 Å². The summed E-state index contributed by atoms with van der Waals surface area (Å²) in [4.78, 5) is 0. The molecule has 0 unspecified atom stereocenters. The Hall–Kier alpha value is -1.80. The number of benzene rings is 2. The average Bonchev–Trinajstić information content (AvgIpc) is 2.56. The van der Waals surface area contributed by atoms with Gasteiger partial charge in [-0.3, -0.25) is 0 Å². The molecular weight excluding hydrogens is 331 g/mol. The number of nitrogens with one attached hydrogen (secondary N) is 1. The Kier molecular flexibility index (Phi) is 6.06. The van der Waals surface area contributed by atoms with E-state index in [0.717, 1.165) is 5.56 Å². The maximum Gasteiger partial charge on any atom is 0.213 e. The minimum atomic E-state index is -3.66. The molecule has 0 radical (unpaired) electrons. The first-order chi connectivity index (χ1) is 11.4. The lowest BCUT2D eigenvalue weighted by molar-refractivity contribution is 0.0781. The zero-order valence-corrected chi connectivity index (χ0v) is 14.2. The van der Waals surface area contributed by atoms with Crippen LogP contribution in [0.3, 0.4) is 0 Å². The van der Waals surface area contributed by atoms with Crippen molar-refractivity contribution < 1.29 is 17.5 Å². The highest BCUT2D eigenvalue weighted by Gasteiger charge is 2.35. The Morgan fingerprint density at radius 3 is 2.38 bits per heavy atom. The summed E-state index contributed by atoms with van der Waals surface area (Å²) in [5.74, 6) is -1.04. The van der Waals surface area contributed by atoms with Gasteiger partial charge in [0.25, 0.3) is 0 Å². The van der Waals surface area contributed by atoms with Crippen LogP contribution in [0, 0.1) is 5.82 Å². The predicted octanol–water partition coefficient (Wildman–Crippen LogP) is 1.75. The first-order valence-electron chi connectivity index (χ1n) is 7.43. The number of nitrogens with two attached hydrogens (primary N) is 1. The van der Waals surface area contributed by atoms with Crippen molar-refractivity contribution in [3.63, 3.8) is 0 Å². The topological polar surface area (TPSA) is 81.4 Å². The minimum absolute atomic E-state index is 0.108. The van der Waals surface area contributed by atoms with Crippen molar-refractivity contribution in [1.82, 2.24) is 4.72 Å². The fourth-order valence-corrected chi connectivity index (χ4v) is 3.46. The lowest BCUT2D eigenvalue weighted by Gasteiger charge is -2.29. The van der Waals surface area contributed by atoms with E-state index in [-0.39, 0.29) is 18.8 Å². The van der Waals surface area contributed by atoms with Crippen molar-refractivity contribution >= 4 is 10.0 Å². The van der Waals surface area contributed by atoms with E-state index >= 15 is 0 Å². The van der Waals surface area contributed by atoms with Crippen molar-refractivity contribution in [3.8, 4) is 0 Å². The maximum atomic E-state index is 14.2. The van der Waals surface area contributed by atoms with Crippen LogP contribution in [0.2, 0.25) is 0 Å². The molecule has 0 spiro atoms. The van der Waals surface area contributed by atoms with Gasteiger partial charge in [-0.25, -0.2) is 17.5 Å². The van der Waals surface area contributed by atoms with E-state index < -0.39 is 27.1 Å². The van der Waals surface area contributed by atoms with Gasteiger partial charge in [-0.2, -0.15) is 0 Å².